The van der Waals surface area contributed by atoms with E-state index >= 15 is 0 Å². The van der Waals surface area contributed by atoms with E-state index in [1.807, 2.05) is 0 Å². The molecule has 1 aliphatic rings. The van der Waals surface area contributed by atoms with E-state index < -0.39 is 21.1 Å². The largest absolute Gasteiger partial charge is 0.368 e. The Morgan fingerprint density at radius 1 is 1.30 bits per heavy atom. The lowest BCUT2D eigenvalue weighted by Gasteiger charge is -2.11. The molecule has 1 aliphatic heterocycles. The summed E-state index contributed by atoms with van der Waals surface area (Å²) in [6.07, 6.45) is 1.05. The molecule has 1 amide bonds. The second kappa shape index (κ2) is 7.49. The van der Waals surface area contributed by atoms with Gasteiger partial charge in [-0.3, -0.25) is 14.9 Å². The molecule has 1 aromatic carbocycles. The van der Waals surface area contributed by atoms with Crippen molar-refractivity contribution in [2.24, 2.45) is 0 Å². The Hall–Kier alpha value is -2.04. The maximum absolute atomic E-state index is 12.0. The molecule has 2 rings (SSSR count). The fourth-order valence-corrected chi connectivity index (χ4v) is 3.13. The first-order valence-corrected chi connectivity index (χ1v) is 8.52. The van der Waals surface area contributed by atoms with Gasteiger partial charge < -0.3 is 10.1 Å². The van der Waals surface area contributed by atoms with Crippen molar-refractivity contribution in [2.75, 3.05) is 19.7 Å². The van der Waals surface area contributed by atoms with Crippen molar-refractivity contribution in [2.45, 2.75) is 23.8 Å². The van der Waals surface area contributed by atoms with Crippen molar-refractivity contribution >= 4 is 21.6 Å². The van der Waals surface area contributed by atoms with Crippen LogP contribution in [-0.2, 0) is 19.6 Å². The number of hydrogen-bond acceptors (Lipinski definition) is 6. The number of carbonyl (C=O) groups is 1. The summed E-state index contributed by atoms with van der Waals surface area (Å²) in [6.45, 7) is 0.702. The average molecular weight is 343 g/mol. The lowest BCUT2D eigenvalue weighted by atomic mass is 10.2. The molecule has 1 aromatic rings. The number of rotatable bonds is 7. The Morgan fingerprint density at radius 2 is 2.00 bits per heavy atom. The number of hydrogen-bond donors (Lipinski definition) is 2. The van der Waals surface area contributed by atoms with Gasteiger partial charge in [-0.25, -0.2) is 13.1 Å². The predicted molar refractivity (Wildman–Crippen MR) is 80.3 cm³/mol. The van der Waals surface area contributed by atoms with Gasteiger partial charge in [0.05, 0.1) is 9.82 Å². The van der Waals surface area contributed by atoms with Crippen molar-refractivity contribution in [1.82, 2.24) is 10.0 Å². The number of non-ortho nitro benzene ring substituents is 1. The highest BCUT2D eigenvalue weighted by atomic mass is 32.2. The summed E-state index contributed by atoms with van der Waals surface area (Å²) in [5, 5.41) is 13.1. The summed E-state index contributed by atoms with van der Waals surface area (Å²) in [5.74, 6) is -0.253. The normalized spacial score (nSPS) is 17.8. The molecule has 0 radical (unpaired) electrons. The Bertz CT molecular complexity index is 667. The van der Waals surface area contributed by atoms with Crippen molar-refractivity contribution in [3.8, 4) is 0 Å². The van der Waals surface area contributed by atoms with Crippen LogP contribution in [0.1, 0.15) is 12.8 Å². The highest BCUT2D eigenvalue weighted by Gasteiger charge is 2.23. The van der Waals surface area contributed by atoms with Crippen LogP contribution >= 0.6 is 0 Å². The topological polar surface area (TPSA) is 128 Å². The third kappa shape index (κ3) is 4.71. The van der Waals surface area contributed by atoms with E-state index in [0.717, 1.165) is 30.7 Å². The van der Waals surface area contributed by atoms with E-state index in [0.29, 0.717) is 13.0 Å². The van der Waals surface area contributed by atoms with E-state index in [4.69, 9.17) is 4.74 Å². The second-order valence-electron chi connectivity index (χ2n) is 4.94. The van der Waals surface area contributed by atoms with Crippen LogP contribution in [0, 0.1) is 10.1 Å². The van der Waals surface area contributed by atoms with Crippen LogP contribution in [-0.4, -0.2) is 45.0 Å². The molecular weight excluding hydrogens is 326 g/mol. The number of nitrogens with one attached hydrogen (secondary N) is 2. The fourth-order valence-electron chi connectivity index (χ4n) is 2.10. The molecule has 1 atom stereocenters. The number of nitrogens with zero attached hydrogens (tertiary/aromatic N) is 1. The van der Waals surface area contributed by atoms with Gasteiger partial charge >= 0.3 is 0 Å². The average Bonchev–Trinajstić information content (AvgIpc) is 3.06. The Balaban J connectivity index is 1.81. The molecule has 2 N–H and O–H groups in total. The van der Waals surface area contributed by atoms with E-state index in [1.54, 1.807) is 0 Å². The van der Waals surface area contributed by atoms with Gasteiger partial charge in [-0.1, -0.05) is 0 Å². The predicted octanol–water partition coefficient (Wildman–Crippen LogP) is 0.168. The van der Waals surface area contributed by atoms with Gasteiger partial charge in [0.25, 0.3) is 5.69 Å². The summed E-state index contributed by atoms with van der Waals surface area (Å²) in [4.78, 5) is 21.5. The van der Waals surface area contributed by atoms with Gasteiger partial charge in [0.2, 0.25) is 15.9 Å². The van der Waals surface area contributed by atoms with Crippen molar-refractivity contribution in [3.63, 3.8) is 0 Å². The maximum Gasteiger partial charge on any atom is 0.269 e. The van der Waals surface area contributed by atoms with E-state index in [2.05, 4.69) is 10.0 Å². The molecule has 1 heterocycles. The maximum atomic E-state index is 12.0. The Morgan fingerprint density at radius 3 is 2.57 bits per heavy atom. The second-order valence-corrected chi connectivity index (χ2v) is 6.71. The monoisotopic (exact) mass is 343 g/mol. The zero-order valence-electron chi connectivity index (χ0n) is 12.2. The molecular formula is C13H17N3O6S. The van der Waals surface area contributed by atoms with Crippen molar-refractivity contribution in [3.05, 3.63) is 34.4 Å². The number of nitro groups is 1. The molecule has 10 heteroatoms. The molecule has 126 valence electrons. The molecule has 0 saturated carbocycles. The van der Waals surface area contributed by atoms with Crippen LogP contribution in [0.5, 0.6) is 0 Å². The first-order chi connectivity index (χ1) is 10.9. The van der Waals surface area contributed by atoms with E-state index in [9.17, 15) is 23.3 Å². The van der Waals surface area contributed by atoms with Crippen molar-refractivity contribution < 1.29 is 22.9 Å². The number of ether oxygens (including phenoxy) is 1. The van der Waals surface area contributed by atoms with Crippen LogP contribution in [0.4, 0.5) is 5.69 Å². The van der Waals surface area contributed by atoms with Gasteiger partial charge in [0.15, 0.2) is 0 Å². The first kappa shape index (κ1) is 17.3. The number of carbonyl (C=O) groups excluding carboxylic acids is 1. The molecule has 0 aliphatic carbocycles. The van der Waals surface area contributed by atoms with Gasteiger partial charge in [0, 0.05) is 31.8 Å². The highest BCUT2D eigenvalue weighted by Crippen LogP contribution is 2.15. The van der Waals surface area contributed by atoms with Gasteiger partial charge in [-0.15, -0.1) is 0 Å². The summed E-state index contributed by atoms with van der Waals surface area (Å²) in [7, 11) is -3.77. The summed E-state index contributed by atoms with van der Waals surface area (Å²) in [6, 6.07) is 4.55. The standard InChI is InChI=1S/C13H17N3O6S/c17-13(12-2-1-9-22-12)14-7-8-15-23(20,21)11-5-3-10(4-6-11)16(18)19/h3-6,12,15H,1-2,7-9H2,(H,14,17). The number of amides is 1. The van der Waals surface area contributed by atoms with E-state index in [1.165, 1.54) is 0 Å². The Labute approximate surface area is 133 Å². The van der Waals surface area contributed by atoms with Crippen LogP contribution in [0.2, 0.25) is 0 Å². The first-order valence-electron chi connectivity index (χ1n) is 7.03. The third-order valence-electron chi connectivity index (χ3n) is 3.30. The quantitative estimate of drug-likeness (QED) is 0.413. The van der Waals surface area contributed by atoms with Crippen LogP contribution < -0.4 is 10.0 Å². The molecule has 23 heavy (non-hydrogen) atoms. The molecule has 1 saturated heterocycles. The molecule has 0 bridgehead atoms. The van der Waals surface area contributed by atoms with Gasteiger partial charge in [-0.05, 0) is 25.0 Å². The number of nitro benzene ring substituents is 1. The summed E-state index contributed by atoms with van der Waals surface area (Å²) in [5.41, 5.74) is -0.187. The smallest absolute Gasteiger partial charge is 0.269 e. The van der Waals surface area contributed by atoms with Gasteiger partial charge in [-0.2, -0.15) is 0 Å². The number of sulfonamides is 1. The third-order valence-corrected chi connectivity index (χ3v) is 4.77. The minimum Gasteiger partial charge on any atom is -0.368 e. The van der Waals surface area contributed by atoms with E-state index in [-0.39, 0.29) is 29.6 Å². The minimum atomic E-state index is -3.77. The van der Waals surface area contributed by atoms with Crippen LogP contribution in [0.3, 0.4) is 0 Å². The van der Waals surface area contributed by atoms with Gasteiger partial charge in [0.1, 0.15) is 6.10 Å². The lowest BCUT2D eigenvalue weighted by molar-refractivity contribution is -0.384. The SMILES string of the molecule is O=C(NCCNS(=O)(=O)c1ccc([N+](=O)[O-])cc1)C1CCCO1. The zero-order chi connectivity index (χ0) is 16.9. The molecule has 0 spiro atoms. The zero-order valence-corrected chi connectivity index (χ0v) is 13.0. The summed E-state index contributed by atoms with van der Waals surface area (Å²) >= 11 is 0. The lowest BCUT2D eigenvalue weighted by Crippen LogP contribution is -2.39. The fraction of sp³-hybridized carbons (Fsp3) is 0.462. The minimum absolute atomic E-state index is 0.0117. The summed E-state index contributed by atoms with van der Waals surface area (Å²) < 4.78 is 31.5. The van der Waals surface area contributed by atoms with Crippen LogP contribution in [0.25, 0.3) is 0 Å². The molecule has 1 fully saturated rings. The van der Waals surface area contributed by atoms with Crippen molar-refractivity contribution in [1.29, 1.82) is 0 Å². The molecule has 9 nitrogen and oxygen atoms in total. The Kier molecular flexibility index (Phi) is 5.64. The van der Waals surface area contributed by atoms with Crippen LogP contribution in [0.15, 0.2) is 29.2 Å². The molecule has 1 unspecified atom stereocenters. The molecule has 0 aromatic heterocycles. The highest BCUT2D eigenvalue weighted by molar-refractivity contribution is 7.89. The number of benzene rings is 1.